The van der Waals surface area contributed by atoms with Crippen LogP contribution >= 0.6 is 0 Å². The largest absolute Gasteiger partial charge is 0.420 e. The molecule has 2 rings (SSSR count). The standard InChI is InChI=1S/C18H8F10O4/c19-7-9(21)13(25)17(14(26)10(7)22)31-5(29)3-1-2-4-6(30)32-18-15(27)11(23)8(20)12(24)16(18)28/h1-4H2. The topological polar surface area (TPSA) is 52.6 Å². The molecular weight excluding hydrogens is 470 g/mol. The van der Waals surface area contributed by atoms with Crippen molar-refractivity contribution >= 4 is 11.9 Å². The highest BCUT2D eigenvalue weighted by Gasteiger charge is 2.29. The van der Waals surface area contributed by atoms with Crippen LogP contribution in [0.15, 0.2) is 0 Å². The van der Waals surface area contributed by atoms with Crippen molar-refractivity contribution in [2.45, 2.75) is 25.7 Å². The fraction of sp³-hybridized carbons (Fsp3) is 0.222. The van der Waals surface area contributed by atoms with Gasteiger partial charge in [0.05, 0.1) is 0 Å². The Labute approximate surface area is 171 Å². The summed E-state index contributed by atoms with van der Waals surface area (Å²) in [6.45, 7) is 0. The normalized spacial score (nSPS) is 10.9. The van der Waals surface area contributed by atoms with E-state index < -0.39 is 94.5 Å². The first-order valence-corrected chi connectivity index (χ1v) is 8.32. The van der Waals surface area contributed by atoms with Gasteiger partial charge >= 0.3 is 11.9 Å². The molecular formula is C18H8F10O4. The van der Waals surface area contributed by atoms with Crippen LogP contribution < -0.4 is 9.47 Å². The summed E-state index contributed by atoms with van der Waals surface area (Å²) in [7, 11) is 0. The van der Waals surface area contributed by atoms with Gasteiger partial charge in [0.2, 0.25) is 69.7 Å². The van der Waals surface area contributed by atoms with Gasteiger partial charge in [-0.15, -0.1) is 0 Å². The number of halogens is 10. The number of hydrogen-bond acceptors (Lipinski definition) is 4. The van der Waals surface area contributed by atoms with Gasteiger partial charge in [0.25, 0.3) is 0 Å². The highest BCUT2D eigenvalue weighted by molar-refractivity contribution is 5.73. The summed E-state index contributed by atoms with van der Waals surface area (Å²) in [6.07, 6.45) is -2.06. The maximum atomic E-state index is 13.4. The molecule has 174 valence electrons. The molecule has 2 aromatic rings. The SMILES string of the molecule is O=C(CCCCC(=O)Oc1c(F)c(F)c(F)c(F)c1F)Oc1c(F)c(F)c(F)c(F)c1F. The number of benzene rings is 2. The van der Waals surface area contributed by atoms with E-state index in [0.717, 1.165) is 0 Å². The van der Waals surface area contributed by atoms with E-state index in [9.17, 15) is 53.5 Å². The predicted octanol–water partition coefficient (Wildman–Crippen LogP) is 5.15. The van der Waals surface area contributed by atoms with Gasteiger partial charge in [0, 0.05) is 12.8 Å². The molecule has 0 radical (unpaired) electrons. The van der Waals surface area contributed by atoms with E-state index in [1.54, 1.807) is 0 Å². The number of hydrogen-bond donors (Lipinski definition) is 0. The van der Waals surface area contributed by atoms with Crippen molar-refractivity contribution < 1.29 is 63.0 Å². The van der Waals surface area contributed by atoms with E-state index in [1.165, 1.54) is 0 Å². The lowest BCUT2D eigenvalue weighted by atomic mass is 10.2. The molecule has 0 atom stereocenters. The average Bonchev–Trinajstić information content (AvgIpc) is 2.77. The van der Waals surface area contributed by atoms with Gasteiger partial charge in [-0.25, -0.2) is 26.3 Å². The van der Waals surface area contributed by atoms with Gasteiger partial charge in [-0.3, -0.25) is 9.59 Å². The number of carbonyl (C=O) groups excluding carboxylic acids is 2. The lowest BCUT2D eigenvalue weighted by Gasteiger charge is -2.09. The number of rotatable bonds is 7. The Balaban J connectivity index is 1.91. The van der Waals surface area contributed by atoms with Crippen LogP contribution in [0.5, 0.6) is 11.5 Å². The smallest absolute Gasteiger partial charge is 0.311 e. The summed E-state index contributed by atoms with van der Waals surface area (Å²) in [4.78, 5) is 23.1. The molecule has 0 heterocycles. The van der Waals surface area contributed by atoms with Gasteiger partial charge < -0.3 is 9.47 Å². The van der Waals surface area contributed by atoms with Crippen molar-refractivity contribution in [1.29, 1.82) is 0 Å². The van der Waals surface area contributed by atoms with E-state index in [1.807, 2.05) is 0 Å². The zero-order chi connectivity index (χ0) is 24.3. The zero-order valence-corrected chi connectivity index (χ0v) is 15.2. The second-order valence-corrected chi connectivity index (χ2v) is 5.95. The van der Waals surface area contributed by atoms with Crippen LogP contribution in [0, 0.1) is 58.2 Å². The Morgan fingerprint density at radius 1 is 0.438 bits per heavy atom. The van der Waals surface area contributed by atoms with Crippen LogP contribution in [-0.2, 0) is 9.59 Å². The summed E-state index contributed by atoms with van der Waals surface area (Å²) in [5, 5.41) is 0. The molecule has 0 saturated carbocycles. The summed E-state index contributed by atoms with van der Waals surface area (Å²) >= 11 is 0. The third-order valence-electron chi connectivity index (χ3n) is 3.78. The minimum Gasteiger partial charge on any atom is -0.420 e. The number of carbonyl (C=O) groups is 2. The molecule has 0 aliphatic heterocycles. The molecule has 0 aliphatic rings. The monoisotopic (exact) mass is 478 g/mol. The van der Waals surface area contributed by atoms with Gasteiger partial charge in [-0.1, -0.05) is 0 Å². The molecule has 0 bridgehead atoms. The molecule has 4 nitrogen and oxygen atoms in total. The van der Waals surface area contributed by atoms with Crippen LogP contribution in [0.2, 0.25) is 0 Å². The first-order valence-electron chi connectivity index (χ1n) is 8.32. The van der Waals surface area contributed by atoms with Gasteiger partial charge in [-0.2, -0.15) is 17.6 Å². The number of unbranched alkanes of at least 4 members (excludes halogenated alkanes) is 1. The molecule has 0 saturated heterocycles. The molecule has 0 fully saturated rings. The fourth-order valence-electron chi connectivity index (χ4n) is 2.22. The summed E-state index contributed by atoms with van der Waals surface area (Å²) in [5.74, 6) is -30.4. The molecule has 32 heavy (non-hydrogen) atoms. The van der Waals surface area contributed by atoms with Crippen LogP contribution in [0.4, 0.5) is 43.9 Å². The first-order chi connectivity index (χ1) is 14.9. The maximum Gasteiger partial charge on any atom is 0.311 e. The van der Waals surface area contributed by atoms with Crippen LogP contribution in [0.3, 0.4) is 0 Å². The average molecular weight is 478 g/mol. The number of ether oxygens (including phenoxy) is 2. The van der Waals surface area contributed by atoms with Crippen molar-refractivity contribution in [3.8, 4) is 11.5 Å². The first kappa shape index (κ1) is 24.9. The Morgan fingerprint density at radius 3 is 0.906 bits per heavy atom. The minimum absolute atomic E-state index is 0.319. The molecule has 0 spiro atoms. The lowest BCUT2D eigenvalue weighted by Crippen LogP contribution is -2.15. The number of esters is 2. The van der Waals surface area contributed by atoms with E-state index in [-0.39, 0.29) is 12.8 Å². The van der Waals surface area contributed by atoms with Gasteiger partial charge in [-0.05, 0) is 12.8 Å². The maximum absolute atomic E-state index is 13.4. The quantitative estimate of drug-likeness (QED) is 0.138. The van der Waals surface area contributed by atoms with E-state index in [4.69, 9.17) is 0 Å². The predicted molar refractivity (Wildman–Crippen MR) is 82.2 cm³/mol. The fourth-order valence-corrected chi connectivity index (χ4v) is 2.22. The minimum atomic E-state index is -2.47. The van der Waals surface area contributed by atoms with Crippen molar-refractivity contribution in [1.82, 2.24) is 0 Å². The summed E-state index contributed by atoms with van der Waals surface area (Å²) in [5.41, 5.74) is 0. The zero-order valence-electron chi connectivity index (χ0n) is 15.2. The third-order valence-corrected chi connectivity index (χ3v) is 3.78. The van der Waals surface area contributed by atoms with E-state index in [2.05, 4.69) is 9.47 Å². The summed E-state index contributed by atoms with van der Waals surface area (Å²) < 4.78 is 140. The molecule has 2 aromatic carbocycles. The molecule has 14 heteroatoms. The highest BCUT2D eigenvalue weighted by Crippen LogP contribution is 2.30. The van der Waals surface area contributed by atoms with Crippen molar-refractivity contribution in [2.75, 3.05) is 0 Å². The molecule has 0 aromatic heterocycles. The second kappa shape index (κ2) is 9.87. The van der Waals surface area contributed by atoms with Crippen molar-refractivity contribution in [3.63, 3.8) is 0 Å². The van der Waals surface area contributed by atoms with Crippen LogP contribution in [0.25, 0.3) is 0 Å². The Morgan fingerprint density at radius 2 is 0.656 bits per heavy atom. The Kier molecular flexibility index (Phi) is 7.69. The van der Waals surface area contributed by atoms with Crippen LogP contribution in [-0.4, -0.2) is 11.9 Å². The lowest BCUT2D eigenvalue weighted by molar-refractivity contribution is -0.137. The van der Waals surface area contributed by atoms with E-state index in [0.29, 0.717) is 0 Å². The van der Waals surface area contributed by atoms with Crippen molar-refractivity contribution in [2.24, 2.45) is 0 Å². The van der Waals surface area contributed by atoms with Crippen molar-refractivity contribution in [3.05, 3.63) is 58.2 Å². The highest BCUT2D eigenvalue weighted by atomic mass is 19.2. The van der Waals surface area contributed by atoms with Gasteiger partial charge in [0.15, 0.2) is 0 Å². The molecule has 0 amide bonds. The summed E-state index contributed by atoms with van der Waals surface area (Å²) in [6, 6.07) is 0. The molecule has 0 N–H and O–H groups in total. The molecule has 0 aliphatic carbocycles. The van der Waals surface area contributed by atoms with E-state index >= 15 is 0 Å². The second-order valence-electron chi connectivity index (χ2n) is 5.95. The van der Waals surface area contributed by atoms with Crippen LogP contribution in [0.1, 0.15) is 25.7 Å². The Hall–Kier alpha value is -3.32. The Bertz CT molecular complexity index is 943. The third kappa shape index (κ3) is 4.94. The molecule has 0 unspecified atom stereocenters. The van der Waals surface area contributed by atoms with Gasteiger partial charge in [0.1, 0.15) is 0 Å².